The minimum absolute atomic E-state index is 0.00889. The van der Waals surface area contributed by atoms with E-state index < -0.39 is 0 Å². The average Bonchev–Trinajstić information content (AvgIpc) is 2.50. The Morgan fingerprint density at radius 3 is 2.81 bits per heavy atom. The van der Waals surface area contributed by atoms with Gasteiger partial charge in [0.05, 0.1) is 16.8 Å². The molecule has 0 aliphatic heterocycles. The van der Waals surface area contributed by atoms with Gasteiger partial charge in [-0.05, 0) is 30.3 Å². The van der Waals surface area contributed by atoms with Crippen molar-refractivity contribution in [3.05, 3.63) is 60.3 Å². The molecule has 3 aromatic rings. The van der Waals surface area contributed by atoms with E-state index in [2.05, 4.69) is 10.3 Å². The Hall–Kier alpha value is -3.08. The molecule has 0 radical (unpaired) electrons. The molecule has 0 aliphatic carbocycles. The molecule has 104 valence electrons. The Morgan fingerprint density at radius 1 is 1.14 bits per heavy atom. The number of amides is 1. The van der Waals surface area contributed by atoms with E-state index in [0.29, 0.717) is 16.9 Å². The molecule has 0 fully saturated rings. The molecule has 0 aliphatic rings. The van der Waals surface area contributed by atoms with Gasteiger partial charge in [-0.2, -0.15) is 0 Å². The minimum Gasteiger partial charge on any atom is -0.508 e. The van der Waals surface area contributed by atoms with Crippen LogP contribution in [0.25, 0.3) is 10.9 Å². The average molecular weight is 279 g/mol. The van der Waals surface area contributed by atoms with E-state index in [4.69, 9.17) is 5.73 Å². The molecule has 0 spiro atoms. The van der Waals surface area contributed by atoms with Gasteiger partial charge in [0.15, 0.2) is 0 Å². The van der Waals surface area contributed by atoms with Crippen LogP contribution in [0.4, 0.5) is 11.4 Å². The lowest BCUT2D eigenvalue weighted by Gasteiger charge is -2.09. The van der Waals surface area contributed by atoms with Gasteiger partial charge in [-0.15, -0.1) is 0 Å². The smallest absolute Gasteiger partial charge is 0.257 e. The van der Waals surface area contributed by atoms with Gasteiger partial charge in [0.25, 0.3) is 5.91 Å². The number of aromatic nitrogens is 1. The number of hydrogen-bond donors (Lipinski definition) is 3. The molecule has 2 aromatic carbocycles. The Morgan fingerprint density at radius 2 is 1.95 bits per heavy atom. The highest BCUT2D eigenvalue weighted by atomic mass is 16.3. The van der Waals surface area contributed by atoms with Crippen molar-refractivity contribution in [3.8, 4) is 5.75 Å². The van der Waals surface area contributed by atoms with Crippen molar-refractivity contribution in [1.82, 2.24) is 4.98 Å². The first kappa shape index (κ1) is 12.9. The molecule has 1 amide bonds. The standard InChI is InChI=1S/C16H13N3O2/c17-13-7-6-11(20)9-12(13)16(21)19-14-5-1-3-10-4-2-8-18-15(10)14/h1-9,20H,17H2,(H,19,21). The number of nitrogens with two attached hydrogens (primary N) is 1. The predicted octanol–water partition coefficient (Wildman–Crippen LogP) is 2.77. The molecular formula is C16H13N3O2. The summed E-state index contributed by atoms with van der Waals surface area (Å²) < 4.78 is 0. The summed E-state index contributed by atoms with van der Waals surface area (Å²) in [7, 11) is 0. The number of rotatable bonds is 2. The summed E-state index contributed by atoms with van der Waals surface area (Å²) in [5, 5.41) is 13.2. The van der Waals surface area contributed by atoms with E-state index in [0.717, 1.165) is 5.39 Å². The third-order valence-electron chi connectivity index (χ3n) is 3.16. The molecule has 0 unspecified atom stereocenters. The Bertz CT molecular complexity index is 825. The minimum atomic E-state index is -0.387. The second kappa shape index (κ2) is 5.13. The summed E-state index contributed by atoms with van der Waals surface area (Å²) in [4.78, 5) is 16.6. The first-order valence-electron chi connectivity index (χ1n) is 6.39. The van der Waals surface area contributed by atoms with Crippen LogP contribution < -0.4 is 11.1 Å². The fourth-order valence-electron chi connectivity index (χ4n) is 2.14. The quantitative estimate of drug-likeness (QED) is 0.497. The topological polar surface area (TPSA) is 88.2 Å². The van der Waals surface area contributed by atoms with Gasteiger partial charge in [0, 0.05) is 17.3 Å². The molecule has 0 saturated heterocycles. The number of carbonyl (C=O) groups excluding carboxylic acids is 1. The fraction of sp³-hybridized carbons (Fsp3) is 0. The number of phenolic OH excluding ortho intramolecular Hbond substituents is 1. The van der Waals surface area contributed by atoms with Gasteiger partial charge in [0.2, 0.25) is 0 Å². The van der Waals surface area contributed by atoms with Gasteiger partial charge in [-0.3, -0.25) is 9.78 Å². The van der Waals surface area contributed by atoms with Crippen molar-refractivity contribution in [1.29, 1.82) is 0 Å². The van der Waals surface area contributed by atoms with Crippen LogP contribution in [0.2, 0.25) is 0 Å². The summed E-state index contributed by atoms with van der Waals surface area (Å²) >= 11 is 0. The molecule has 5 nitrogen and oxygen atoms in total. The van der Waals surface area contributed by atoms with E-state index in [1.807, 2.05) is 24.3 Å². The molecule has 1 aromatic heterocycles. The second-order valence-electron chi connectivity index (χ2n) is 4.61. The molecule has 0 bridgehead atoms. The number of anilines is 2. The molecule has 5 heteroatoms. The van der Waals surface area contributed by atoms with E-state index in [1.54, 1.807) is 12.3 Å². The summed E-state index contributed by atoms with van der Waals surface area (Å²) in [5.74, 6) is -0.396. The Kier molecular flexibility index (Phi) is 3.16. The van der Waals surface area contributed by atoms with Crippen LogP contribution in [0.15, 0.2) is 54.7 Å². The van der Waals surface area contributed by atoms with Gasteiger partial charge in [0.1, 0.15) is 5.75 Å². The number of phenols is 1. The molecule has 0 atom stereocenters. The Balaban J connectivity index is 1.99. The van der Waals surface area contributed by atoms with Gasteiger partial charge >= 0.3 is 0 Å². The Labute approximate surface area is 121 Å². The highest BCUT2D eigenvalue weighted by Gasteiger charge is 2.12. The lowest BCUT2D eigenvalue weighted by atomic mass is 10.1. The number of carbonyl (C=O) groups is 1. The first-order chi connectivity index (χ1) is 10.1. The summed E-state index contributed by atoms with van der Waals surface area (Å²) in [6, 6.07) is 13.5. The molecular weight excluding hydrogens is 266 g/mol. The maximum Gasteiger partial charge on any atom is 0.257 e. The number of para-hydroxylation sites is 1. The van der Waals surface area contributed by atoms with Crippen molar-refractivity contribution < 1.29 is 9.90 Å². The van der Waals surface area contributed by atoms with E-state index >= 15 is 0 Å². The maximum atomic E-state index is 12.3. The number of benzene rings is 2. The zero-order valence-corrected chi connectivity index (χ0v) is 11.1. The highest BCUT2D eigenvalue weighted by Crippen LogP contribution is 2.23. The number of pyridine rings is 1. The zero-order chi connectivity index (χ0) is 14.8. The number of nitrogen functional groups attached to an aromatic ring is 1. The first-order valence-corrected chi connectivity index (χ1v) is 6.39. The molecule has 0 saturated carbocycles. The summed E-state index contributed by atoms with van der Waals surface area (Å²) in [6.07, 6.45) is 1.67. The molecule has 21 heavy (non-hydrogen) atoms. The predicted molar refractivity (Wildman–Crippen MR) is 82.2 cm³/mol. The van der Waals surface area contributed by atoms with Crippen molar-refractivity contribution in [3.63, 3.8) is 0 Å². The third-order valence-corrected chi connectivity index (χ3v) is 3.16. The third kappa shape index (κ3) is 2.49. The van der Waals surface area contributed by atoms with Crippen molar-refractivity contribution in [2.24, 2.45) is 0 Å². The van der Waals surface area contributed by atoms with E-state index in [-0.39, 0.29) is 17.2 Å². The van der Waals surface area contributed by atoms with Gasteiger partial charge < -0.3 is 16.2 Å². The van der Waals surface area contributed by atoms with Crippen LogP contribution in [0.1, 0.15) is 10.4 Å². The largest absolute Gasteiger partial charge is 0.508 e. The second-order valence-corrected chi connectivity index (χ2v) is 4.61. The molecule has 1 heterocycles. The SMILES string of the molecule is Nc1ccc(O)cc1C(=O)Nc1cccc2cccnc12. The van der Waals surface area contributed by atoms with Crippen molar-refractivity contribution in [2.75, 3.05) is 11.1 Å². The van der Waals surface area contributed by atoms with Crippen LogP contribution >= 0.6 is 0 Å². The van der Waals surface area contributed by atoms with Gasteiger partial charge in [-0.1, -0.05) is 18.2 Å². The molecule has 4 N–H and O–H groups in total. The van der Waals surface area contributed by atoms with Crippen LogP contribution in [0, 0.1) is 0 Å². The van der Waals surface area contributed by atoms with E-state index in [9.17, 15) is 9.90 Å². The van der Waals surface area contributed by atoms with Crippen LogP contribution in [-0.4, -0.2) is 16.0 Å². The highest BCUT2D eigenvalue weighted by molar-refractivity contribution is 6.11. The number of nitrogens with one attached hydrogen (secondary N) is 1. The molecule has 3 rings (SSSR count). The van der Waals surface area contributed by atoms with Crippen LogP contribution in [0.3, 0.4) is 0 Å². The lowest BCUT2D eigenvalue weighted by Crippen LogP contribution is -2.14. The number of aromatic hydroxyl groups is 1. The van der Waals surface area contributed by atoms with Gasteiger partial charge in [-0.25, -0.2) is 0 Å². The number of hydrogen-bond acceptors (Lipinski definition) is 4. The lowest BCUT2D eigenvalue weighted by molar-refractivity contribution is 0.102. The zero-order valence-electron chi connectivity index (χ0n) is 11.1. The van der Waals surface area contributed by atoms with E-state index in [1.165, 1.54) is 18.2 Å². The fourth-order valence-corrected chi connectivity index (χ4v) is 2.14. The van der Waals surface area contributed by atoms with Crippen LogP contribution in [0.5, 0.6) is 5.75 Å². The summed E-state index contributed by atoms with van der Waals surface area (Å²) in [5.41, 5.74) is 7.60. The maximum absolute atomic E-state index is 12.3. The van der Waals surface area contributed by atoms with Crippen LogP contribution in [-0.2, 0) is 0 Å². The van der Waals surface area contributed by atoms with Crippen molar-refractivity contribution in [2.45, 2.75) is 0 Å². The number of fused-ring (bicyclic) bond motifs is 1. The van der Waals surface area contributed by atoms with Crippen molar-refractivity contribution >= 4 is 28.2 Å². The summed E-state index contributed by atoms with van der Waals surface area (Å²) in [6.45, 7) is 0. The normalized spacial score (nSPS) is 10.5. The number of nitrogens with zero attached hydrogens (tertiary/aromatic N) is 1. The monoisotopic (exact) mass is 279 g/mol.